The summed E-state index contributed by atoms with van der Waals surface area (Å²) in [5.41, 5.74) is 0. The molecule has 0 aromatic rings. The van der Waals surface area contributed by atoms with E-state index >= 15 is 0 Å². The Balaban J connectivity index is 2.69. The molecule has 2 heteroatoms. The first kappa shape index (κ1) is 8.98. The Labute approximate surface area is 73.2 Å². The fourth-order valence-electron chi connectivity index (χ4n) is 1.46. The average molecular weight is 172 g/mol. The lowest BCUT2D eigenvalue weighted by Gasteiger charge is -2.36. The van der Waals surface area contributed by atoms with Crippen LogP contribution in [0.25, 0.3) is 0 Å². The molecular formula is C9H16OS. The van der Waals surface area contributed by atoms with Crippen LogP contribution in [0.3, 0.4) is 0 Å². The van der Waals surface area contributed by atoms with Crippen LogP contribution in [0.1, 0.15) is 26.7 Å². The van der Waals surface area contributed by atoms with E-state index in [1.165, 1.54) is 0 Å². The summed E-state index contributed by atoms with van der Waals surface area (Å²) in [5, 5.41) is 0. The van der Waals surface area contributed by atoms with Gasteiger partial charge in [-0.3, -0.25) is 0 Å². The van der Waals surface area contributed by atoms with Crippen molar-refractivity contribution in [2.45, 2.75) is 31.4 Å². The fourth-order valence-corrected chi connectivity index (χ4v) is 2.65. The van der Waals surface area contributed by atoms with Gasteiger partial charge in [-0.1, -0.05) is 20.4 Å². The Morgan fingerprint density at radius 1 is 1.55 bits per heavy atom. The zero-order chi connectivity index (χ0) is 8.32. The molecule has 0 bridgehead atoms. The Kier molecular flexibility index (Phi) is 2.88. The molecule has 0 N–H and O–H groups in total. The standard InChI is InChI=1S/C9H16OS/c1-4-9(5-2)8(3)10-6-7-11-9/h3-7H2,1-2H3. The Hall–Kier alpha value is -0.110. The van der Waals surface area contributed by atoms with Crippen LogP contribution in [0.4, 0.5) is 0 Å². The third kappa shape index (κ3) is 1.56. The molecule has 0 aromatic carbocycles. The molecule has 1 saturated heterocycles. The molecule has 0 amide bonds. The van der Waals surface area contributed by atoms with Crippen molar-refractivity contribution in [1.82, 2.24) is 0 Å². The quantitative estimate of drug-likeness (QED) is 0.633. The average Bonchev–Trinajstić information content (AvgIpc) is 2.06. The van der Waals surface area contributed by atoms with Crippen LogP contribution in [-0.2, 0) is 4.74 Å². The maximum atomic E-state index is 5.46. The molecule has 11 heavy (non-hydrogen) atoms. The zero-order valence-corrected chi connectivity index (χ0v) is 8.17. The molecule has 1 aliphatic heterocycles. The lowest BCUT2D eigenvalue weighted by Crippen LogP contribution is -2.32. The summed E-state index contributed by atoms with van der Waals surface area (Å²) in [6.07, 6.45) is 2.26. The maximum absolute atomic E-state index is 5.46. The van der Waals surface area contributed by atoms with Gasteiger partial charge >= 0.3 is 0 Å². The largest absolute Gasteiger partial charge is 0.496 e. The van der Waals surface area contributed by atoms with Crippen molar-refractivity contribution in [3.05, 3.63) is 12.3 Å². The summed E-state index contributed by atoms with van der Waals surface area (Å²) in [5.74, 6) is 2.10. The van der Waals surface area contributed by atoms with Crippen molar-refractivity contribution >= 4 is 11.8 Å². The SMILES string of the molecule is C=C1OCCSC1(CC)CC. The molecule has 0 unspecified atom stereocenters. The van der Waals surface area contributed by atoms with Crippen molar-refractivity contribution in [1.29, 1.82) is 0 Å². The van der Waals surface area contributed by atoms with E-state index in [4.69, 9.17) is 4.74 Å². The Morgan fingerprint density at radius 2 is 2.18 bits per heavy atom. The van der Waals surface area contributed by atoms with E-state index < -0.39 is 0 Å². The van der Waals surface area contributed by atoms with Crippen molar-refractivity contribution in [2.75, 3.05) is 12.4 Å². The minimum atomic E-state index is 0.220. The molecule has 0 radical (unpaired) electrons. The first-order valence-electron chi connectivity index (χ1n) is 4.21. The van der Waals surface area contributed by atoms with Gasteiger partial charge in [-0.25, -0.2) is 0 Å². The molecule has 0 aliphatic carbocycles. The third-order valence-corrected chi connectivity index (χ3v) is 4.12. The molecule has 1 heterocycles. The normalized spacial score (nSPS) is 22.9. The highest BCUT2D eigenvalue weighted by Crippen LogP contribution is 2.41. The maximum Gasteiger partial charge on any atom is 0.105 e. The minimum absolute atomic E-state index is 0.220. The first-order valence-corrected chi connectivity index (χ1v) is 5.20. The molecule has 1 aliphatic rings. The Morgan fingerprint density at radius 3 is 2.55 bits per heavy atom. The van der Waals surface area contributed by atoms with Gasteiger partial charge in [0.25, 0.3) is 0 Å². The lowest BCUT2D eigenvalue weighted by molar-refractivity contribution is 0.191. The Bertz CT molecular complexity index is 150. The number of hydrogen-bond acceptors (Lipinski definition) is 2. The topological polar surface area (TPSA) is 9.23 Å². The van der Waals surface area contributed by atoms with E-state index in [0.29, 0.717) is 0 Å². The molecule has 1 nitrogen and oxygen atoms in total. The monoisotopic (exact) mass is 172 g/mol. The van der Waals surface area contributed by atoms with Crippen molar-refractivity contribution < 1.29 is 4.74 Å². The summed E-state index contributed by atoms with van der Waals surface area (Å²) in [4.78, 5) is 0. The van der Waals surface area contributed by atoms with Gasteiger partial charge in [-0.05, 0) is 12.8 Å². The van der Waals surface area contributed by atoms with E-state index in [-0.39, 0.29) is 4.75 Å². The second-order valence-corrected chi connectivity index (χ2v) is 4.30. The van der Waals surface area contributed by atoms with Crippen molar-refractivity contribution in [3.63, 3.8) is 0 Å². The van der Waals surface area contributed by atoms with Crippen LogP contribution in [-0.4, -0.2) is 17.1 Å². The highest BCUT2D eigenvalue weighted by atomic mass is 32.2. The van der Waals surface area contributed by atoms with E-state index in [2.05, 4.69) is 20.4 Å². The first-order chi connectivity index (χ1) is 5.25. The van der Waals surface area contributed by atoms with E-state index in [1.807, 2.05) is 11.8 Å². The van der Waals surface area contributed by atoms with Crippen molar-refractivity contribution in [3.8, 4) is 0 Å². The van der Waals surface area contributed by atoms with Crippen LogP contribution < -0.4 is 0 Å². The molecule has 1 rings (SSSR count). The second-order valence-electron chi connectivity index (χ2n) is 2.82. The summed E-state index contributed by atoms with van der Waals surface area (Å²) in [7, 11) is 0. The highest BCUT2D eigenvalue weighted by molar-refractivity contribution is 8.00. The van der Waals surface area contributed by atoms with Gasteiger partial charge in [0.15, 0.2) is 0 Å². The summed E-state index contributed by atoms with van der Waals surface area (Å²) < 4.78 is 5.68. The van der Waals surface area contributed by atoms with Gasteiger partial charge in [-0.15, -0.1) is 11.8 Å². The van der Waals surface area contributed by atoms with Crippen molar-refractivity contribution in [2.24, 2.45) is 0 Å². The fraction of sp³-hybridized carbons (Fsp3) is 0.778. The number of rotatable bonds is 2. The summed E-state index contributed by atoms with van der Waals surface area (Å²) >= 11 is 1.99. The van der Waals surface area contributed by atoms with Crippen LogP contribution >= 0.6 is 11.8 Å². The van der Waals surface area contributed by atoms with Gasteiger partial charge in [0, 0.05) is 5.75 Å². The summed E-state index contributed by atoms with van der Waals surface area (Å²) in [6.45, 7) is 9.21. The number of thioether (sulfide) groups is 1. The molecule has 0 saturated carbocycles. The number of hydrogen-bond donors (Lipinski definition) is 0. The lowest BCUT2D eigenvalue weighted by atomic mass is 10.0. The smallest absolute Gasteiger partial charge is 0.105 e. The second kappa shape index (κ2) is 3.53. The molecule has 64 valence electrons. The van der Waals surface area contributed by atoms with E-state index in [9.17, 15) is 0 Å². The minimum Gasteiger partial charge on any atom is -0.496 e. The van der Waals surface area contributed by atoms with Gasteiger partial charge in [-0.2, -0.15) is 0 Å². The molecule has 0 aromatic heterocycles. The third-order valence-electron chi connectivity index (χ3n) is 2.39. The highest BCUT2D eigenvalue weighted by Gasteiger charge is 2.34. The van der Waals surface area contributed by atoms with E-state index in [0.717, 1.165) is 31.0 Å². The van der Waals surface area contributed by atoms with Gasteiger partial charge in [0.2, 0.25) is 0 Å². The van der Waals surface area contributed by atoms with Crippen LogP contribution in [0.5, 0.6) is 0 Å². The molecular weight excluding hydrogens is 156 g/mol. The number of ether oxygens (including phenoxy) is 1. The molecule has 1 fully saturated rings. The predicted octanol–water partition coefficient (Wildman–Crippen LogP) is 2.82. The van der Waals surface area contributed by atoms with Crippen LogP contribution in [0, 0.1) is 0 Å². The van der Waals surface area contributed by atoms with Crippen LogP contribution in [0.15, 0.2) is 12.3 Å². The molecule has 0 atom stereocenters. The summed E-state index contributed by atoms with van der Waals surface area (Å²) in [6, 6.07) is 0. The van der Waals surface area contributed by atoms with Gasteiger partial charge in [0.1, 0.15) is 5.76 Å². The van der Waals surface area contributed by atoms with Gasteiger partial charge in [0.05, 0.1) is 11.4 Å². The predicted molar refractivity (Wildman–Crippen MR) is 50.9 cm³/mol. The van der Waals surface area contributed by atoms with E-state index in [1.54, 1.807) is 0 Å². The van der Waals surface area contributed by atoms with Gasteiger partial charge < -0.3 is 4.74 Å². The molecule has 0 spiro atoms. The zero-order valence-electron chi connectivity index (χ0n) is 7.35. The van der Waals surface area contributed by atoms with Crippen LogP contribution in [0.2, 0.25) is 0 Å².